The Hall–Kier alpha value is -3.50. The quantitative estimate of drug-likeness (QED) is 0.739. The summed E-state index contributed by atoms with van der Waals surface area (Å²) in [6.45, 7) is 1.83. The Morgan fingerprint density at radius 2 is 2.07 bits per heavy atom. The van der Waals surface area contributed by atoms with Crippen molar-refractivity contribution in [3.05, 3.63) is 53.8 Å². The number of carbonyl (C=O) groups is 1. The van der Waals surface area contributed by atoms with E-state index in [-0.39, 0.29) is 23.8 Å². The first kappa shape index (κ1) is 18.3. The number of pyridine rings is 2. The van der Waals surface area contributed by atoms with Crippen molar-refractivity contribution in [1.82, 2.24) is 20.1 Å². The first-order valence-electron chi connectivity index (χ1n) is 7.54. The number of amides is 1. The lowest BCUT2D eigenvalue weighted by atomic mass is 10.2. The van der Waals surface area contributed by atoms with E-state index in [2.05, 4.69) is 29.9 Å². The van der Waals surface area contributed by atoms with E-state index in [1.165, 1.54) is 18.3 Å². The predicted octanol–water partition coefficient (Wildman–Crippen LogP) is 3.60. The fourth-order valence-electron chi connectivity index (χ4n) is 2.01. The summed E-state index contributed by atoms with van der Waals surface area (Å²) in [5, 5.41) is 5.68. The summed E-state index contributed by atoms with van der Waals surface area (Å²) in [4.78, 5) is 23.0. The maximum atomic E-state index is 12.5. The van der Waals surface area contributed by atoms with E-state index in [4.69, 9.17) is 4.74 Å². The lowest BCUT2D eigenvalue weighted by Gasteiger charge is -2.08. The number of nitrogens with one attached hydrogen (secondary N) is 1. The molecule has 0 radical (unpaired) electrons. The molecule has 0 spiro atoms. The van der Waals surface area contributed by atoms with E-state index in [1.807, 2.05) is 0 Å². The summed E-state index contributed by atoms with van der Waals surface area (Å²) in [5.41, 5.74) is 1.85. The second kappa shape index (κ2) is 7.40. The lowest BCUT2D eigenvalue weighted by Crippen LogP contribution is -2.14. The summed E-state index contributed by atoms with van der Waals surface area (Å²) >= 11 is 0. The normalized spacial score (nSPS) is 11.3. The average Bonchev–Trinajstić information content (AvgIpc) is 3.12. The highest BCUT2D eigenvalue weighted by Gasteiger charge is 2.38. The number of alkyl halides is 3. The zero-order chi connectivity index (χ0) is 19.4. The highest BCUT2D eigenvalue weighted by Crippen LogP contribution is 2.29. The molecule has 8 nitrogen and oxygen atoms in total. The maximum Gasteiger partial charge on any atom is 0.471 e. The Kier molecular flexibility index (Phi) is 5.01. The van der Waals surface area contributed by atoms with Crippen LogP contribution in [0, 0.1) is 6.92 Å². The molecule has 3 rings (SSSR count). The van der Waals surface area contributed by atoms with Gasteiger partial charge in [-0.05, 0) is 25.1 Å². The molecule has 0 bridgehead atoms. The Labute approximate surface area is 150 Å². The molecule has 3 heterocycles. The fourth-order valence-corrected chi connectivity index (χ4v) is 2.01. The van der Waals surface area contributed by atoms with Gasteiger partial charge in [-0.15, -0.1) is 0 Å². The van der Waals surface area contributed by atoms with E-state index in [0.29, 0.717) is 0 Å². The summed E-state index contributed by atoms with van der Waals surface area (Å²) in [6.07, 6.45) is -2.58. The molecule has 0 aliphatic rings. The third kappa shape index (κ3) is 4.57. The molecule has 11 heteroatoms. The third-order valence-corrected chi connectivity index (χ3v) is 3.38. The van der Waals surface area contributed by atoms with Crippen LogP contribution in [-0.2, 0) is 17.5 Å². The Morgan fingerprint density at radius 1 is 1.26 bits per heavy atom. The SMILES string of the molecule is Cc1ncccc1COC(=O)Nc1ccc(-c2noc(C(F)(F)F)n2)nc1. The molecule has 0 fully saturated rings. The summed E-state index contributed by atoms with van der Waals surface area (Å²) in [6, 6.07) is 6.27. The van der Waals surface area contributed by atoms with Gasteiger partial charge in [-0.25, -0.2) is 4.79 Å². The molecule has 27 heavy (non-hydrogen) atoms. The van der Waals surface area contributed by atoms with Crippen molar-refractivity contribution < 1.29 is 27.2 Å². The van der Waals surface area contributed by atoms with Gasteiger partial charge < -0.3 is 9.26 Å². The van der Waals surface area contributed by atoms with Crippen LogP contribution in [0.15, 0.2) is 41.2 Å². The van der Waals surface area contributed by atoms with Gasteiger partial charge in [-0.3, -0.25) is 15.3 Å². The second-order valence-electron chi connectivity index (χ2n) is 5.30. The third-order valence-electron chi connectivity index (χ3n) is 3.38. The molecule has 0 atom stereocenters. The van der Waals surface area contributed by atoms with Crippen LogP contribution in [0.3, 0.4) is 0 Å². The molecule has 3 aromatic rings. The zero-order valence-electron chi connectivity index (χ0n) is 13.8. The van der Waals surface area contributed by atoms with Gasteiger partial charge in [-0.1, -0.05) is 11.2 Å². The minimum atomic E-state index is -4.73. The minimum absolute atomic E-state index is 0.0418. The van der Waals surface area contributed by atoms with E-state index >= 15 is 0 Å². The van der Waals surface area contributed by atoms with Crippen LogP contribution in [0.5, 0.6) is 0 Å². The van der Waals surface area contributed by atoms with Gasteiger partial charge in [0.2, 0.25) is 5.82 Å². The van der Waals surface area contributed by atoms with Gasteiger partial charge in [0.25, 0.3) is 0 Å². The molecule has 0 unspecified atom stereocenters. The van der Waals surface area contributed by atoms with E-state index in [0.717, 1.165) is 11.3 Å². The van der Waals surface area contributed by atoms with Crippen LogP contribution >= 0.6 is 0 Å². The van der Waals surface area contributed by atoms with Crippen molar-refractivity contribution >= 4 is 11.8 Å². The molecule has 140 valence electrons. The average molecular weight is 379 g/mol. The molecule has 0 aromatic carbocycles. The first-order valence-corrected chi connectivity index (χ1v) is 7.54. The van der Waals surface area contributed by atoms with Gasteiger partial charge >= 0.3 is 18.2 Å². The Bertz CT molecular complexity index is 941. The highest BCUT2D eigenvalue weighted by molar-refractivity contribution is 5.84. The molecule has 1 amide bonds. The zero-order valence-corrected chi connectivity index (χ0v) is 13.8. The van der Waals surface area contributed by atoms with Crippen LogP contribution in [0.1, 0.15) is 17.1 Å². The molecular weight excluding hydrogens is 367 g/mol. The highest BCUT2D eigenvalue weighted by atomic mass is 19.4. The number of nitrogens with zero attached hydrogens (tertiary/aromatic N) is 4. The van der Waals surface area contributed by atoms with Crippen molar-refractivity contribution in [3.63, 3.8) is 0 Å². The van der Waals surface area contributed by atoms with E-state index < -0.39 is 18.2 Å². The van der Waals surface area contributed by atoms with Crippen molar-refractivity contribution in [2.45, 2.75) is 19.7 Å². The van der Waals surface area contributed by atoms with Crippen molar-refractivity contribution in [2.75, 3.05) is 5.32 Å². The molecule has 0 saturated carbocycles. The maximum absolute atomic E-state index is 12.5. The van der Waals surface area contributed by atoms with Crippen LogP contribution < -0.4 is 5.32 Å². The number of anilines is 1. The van der Waals surface area contributed by atoms with Crippen molar-refractivity contribution in [3.8, 4) is 11.5 Å². The number of aromatic nitrogens is 4. The Balaban J connectivity index is 1.59. The number of rotatable bonds is 4. The largest absolute Gasteiger partial charge is 0.471 e. The number of carbonyl (C=O) groups excluding carboxylic acids is 1. The van der Waals surface area contributed by atoms with Gasteiger partial charge in [0.05, 0.1) is 11.9 Å². The van der Waals surface area contributed by atoms with Gasteiger partial charge in [0, 0.05) is 17.5 Å². The van der Waals surface area contributed by atoms with E-state index in [1.54, 1.807) is 25.3 Å². The van der Waals surface area contributed by atoms with Gasteiger partial charge in [0.1, 0.15) is 12.3 Å². The van der Waals surface area contributed by atoms with Gasteiger partial charge in [0.15, 0.2) is 0 Å². The van der Waals surface area contributed by atoms with Crippen LogP contribution in [0.25, 0.3) is 11.5 Å². The topological polar surface area (TPSA) is 103 Å². The fraction of sp³-hybridized carbons (Fsp3) is 0.188. The minimum Gasteiger partial charge on any atom is -0.444 e. The number of hydrogen-bond donors (Lipinski definition) is 1. The standard InChI is InChI=1S/C16H12F3N5O3/c1-9-10(3-2-6-20-9)8-26-15(25)22-11-4-5-12(21-7-11)13-23-14(27-24-13)16(17,18)19/h2-7H,8H2,1H3,(H,22,25). The Morgan fingerprint density at radius 3 is 2.70 bits per heavy atom. The molecule has 0 aliphatic heterocycles. The van der Waals surface area contributed by atoms with Gasteiger partial charge in [-0.2, -0.15) is 18.2 Å². The summed E-state index contributed by atoms with van der Waals surface area (Å²) in [5.74, 6) is -1.78. The monoisotopic (exact) mass is 379 g/mol. The first-order chi connectivity index (χ1) is 12.8. The van der Waals surface area contributed by atoms with Crippen molar-refractivity contribution in [1.29, 1.82) is 0 Å². The number of aryl methyl sites for hydroxylation is 1. The van der Waals surface area contributed by atoms with Crippen LogP contribution in [0.4, 0.5) is 23.7 Å². The van der Waals surface area contributed by atoms with Crippen molar-refractivity contribution in [2.24, 2.45) is 0 Å². The smallest absolute Gasteiger partial charge is 0.444 e. The second-order valence-corrected chi connectivity index (χ2v) is 5.30. The number of ether oxygens (including phenoxy) is 1. The number of hydrogen-bond acceptors (Lipinski definition) is 7. The van der Waals surface area contributed by atoms with Crippen LogP contribution in [-0.4, -0.2) is 26.2 Å². The molecular formula is C16H12F3N5O3. The lowest BCUT2D eigenvalue weighted by molar-refractivity contribution is -0.159. The molecule has 0 aliphatic carbocycles. The van der Waals surface area contributed by atoms with E-state index in [9.17, 15) is 18.0 Å². The summed E-state index contributed by atoms with van der Waals surface area (Å²) < 4.78 is 46.6. The molecule has 3 aromatic heterocycles. The summed E-state index contributed by atoms with van der Waals surface area (Å²) in [7, 11) is 0. The number of halogens is 3. The predicted molar refractivity (Wildman–Crippen MR) is 85.3 cm³/mol. The molecule has 1 N–H and O–H groups in total. The van der Waals surface area contributed by atoms with Crippen LogP contribution in [0.2, 0.25) is 0 Å². The molecule has 0 saturated heterocycles.